The average Bonchev–Trinajstić information content (AvgIpc) is 3.08. The zero-order valence-corrected chi connectivity index (χ0v) is 14.5. The molecule has 0 aliphatic rings. The van der Waals surface area contributed by atoms with Gasteiger partial charge in [-0.3, -0.25) is 10.4 Å². The summed E-state index contributed by atoms with van der Waals surface area (Å²) in [5.41, 5.74) is 5.50. The number of anilines is 1. The molecule has 1 N–H and O–H groups in total. The lowest BCUT2D eigenvalue weighted by atomic mass is 10.3. The molecule has 0 fully saturated rings. The highest BCUT2D eigenvalue weighted by atomic mass is 79.9. The van der Waals surface area contributed by atoms with Crippen LogP contribution in [0.4, 0.5) is 5.82 Å². The van der Waals surface area contributed by atoms with E-state index >= 15 is 0 Å². The third-order valence-corrected chi connectivity index (χ3v) is 4.00. The molecule has 0 saturated heterocycles. The van der Waals surface area contributed by atoms with Crippen molar-refractivity contribution in [3.05, 3.63) is 71.4 Å². The first kappa shape index (κ1) is 15.4. The molecule has 0 atom stereocenters. The number of pyridine rings is 1. The van der Waals surface area contributed by atoms with Crippen molar-refractivity contribution in [2.75, 3.05) is 5.43 Å². The van der Waals surface area contributed by atoms with Crippen LogP contribution in [0.15, 0.2) is 70.9 Å². The molecule has 1 aromatic carbocycles. The lowest BCUT2D eigenvalue weighted by Gasteiger charge is -2.04. The molecule has 0 bridgehead atoms. The molecule has 0 amide bonds. The van der Waals surface area contributed by atoms with E-state index in [2.05, 4.69) is 46.5 Å². The molecule has 3 aromatic heterocycles. The van der Waals surface area contributed by atoms with E-state index in [4.69, 9.17) is 0 Å². The maximum absolute atomic E-state index is 4.43. The topological polar surface area (TPSA) is 80.9 Å². The van der Waals surface area contributed by atoms with Crippen molar-refractivity contribution in [2.45, 2.75) is 0 Å². The van der Waals surface area contributed by atoms with Gasteiger partial charge in [0.2, 0.25) is 0 Å². The Labute approximate surface area is 151 Å². The second-order valence-corrected chi connectivity index (χ2v) is 6.06. The van der Waals surface area contributed by atoms with Gasteiger partial charge in [0.05, 0.1) is 23.5 Å². The zero-order chi connectivity index (χ0) is 17.1. The number of rotatable bonds is 4. The molecule has 7 nitrogen and oxygen atoms in total. The number of hydrogen-bond acceptors (Lipinski definition) is 6. The van der Waals surface area contributed by atoms with E-state index in [9.17, 15) is 0 Å². The van der Waals surface area contributed by atoms with Crippen molar-refractivity contribution in [3.63, 3.8) is 0 Å². The number of benzene rings is 1. The molecule has 0 saturated carbocycles. The maximum Gasteiger partial charge on any atom is 0.168 e. The molecule has 4 rings (SSSR count). The van der Waals surface area contributed by atoms with Gasteiger partial charge in [-0.05, 0) is 35.9 Å². The number of hydrogen-bond donors (Lipinski definition) is 1. The largest absolute Gasteiger partial charge is 0.265 e. The first-order valence-electron chi connectivity index (χ1n) is 7.45. The molecular formula is C17H12BrN7. The normalized spacial score (nSPS) is 11.2. The summed E-state index contributed by atoms with van der Waals surface area (Å²) < 4.78 is 2.74. The summed E-state index contributed by atoms with van der Waals surface area (Å²) in [5, 5.41) is 9.43. The zero-order valence-electron chi connectivity index (χ0n) is 12.9. The summed E-state index contributed by atoms with van der Waals surface area (Å²) in [7, 11) is 0. The van der Waals surface area contributed by atoms with E-state index in [1.807, 2.05) is 36.4 Å². The SMILES string of the molecule is Brc1cccc(-n2ncc3c(N/N=C/c4ccncc4)ncnc32)c1. The second kappa shape index (κ2) is 6.78. The van der Waals surface area contributed by atoms with Crippen molar-refractivity contribution in [1.82, 2.24) is 24.7 Å². The van der Waals surface area contributed by atoms with Gasteiger partial charge in [-0.25, -0.2) is 14.6 Å². The molecule has 0 aliphatic carbocycles. The predicted molar refractivity (Wildman–Crippen MR) is 99.8 cm³/mol. The second-order valence-electron chi connectivity index (χ2n) is 5.15. The molecule has 3 heterocycles. The third-order valence-electron chi connectivity index (χ3n) is 3.51. The van der Waals surface area contributed by atoms with Crippen LogP contribution in [0.2, 0.25) is 0 Å². The van der Waals surface area contributed by atoms with Crippen molar-refractivity contribution < 1.29 is 0 Å². The minimum absolute atomic E-state index is 0.594. The van der Waals surface area contributed by atoms with Gasteiger partial charge in [-0.15, -0.1) is 0 Å². The van der Waals surface area contributed by atoms with Crippen molar-refractivity contribution in [3.8, 4) is 5.69 Å². The van der Waals surface area contributed by atoms with Crippen LogP contribution in [-0.4, -0.2) is 30.9 Å². The Hall–Kier alpha value is -3.13. The van der Waals surface area contributed by atoms with Gasteiger partial charge in [0.25, 0.3) is 0 Å². The van der Waals surface area contributed by atoms with Gasteiger partial charge < -0.3 is 0 Å². The van der Waals surface area contributed by atoms with E-state index in [1.54, 1.807) is 29.5 Å². The first-order valence-corrected chi connectivity index (χ1v) is 8.24. The Morgan fingerprint density at radius 1 is 1.12 bits per heavy atom. The van der Waals surface area contributed by atoms with Crippen LogP contribution in [0.3, 0.4) is 0 Å². The summed E-state index contributed by atoms with van der Waals surface area (Å²) in [4.78, 5) is 12.6. The fraction of sp³-hybridized carbons (Fsp3) is 0. The minimum atomic E-state index is 0.594. The lowest BCUT2D eigenvalue weighted by Crippen LogP contribution is -1.99. The Kier molecular flexibility index (Phi) is 4.17. The smallest absolute Gasteiger partial charge is 0.168 e. The number of hydrazone groups is 1. The van der Waals surface area contributed by atoms with Crippen LogP contribution in [0.5, 0.6) is 0 Å². The van der Waals surface area contributed by atoms with Crippen LogP contribution in [0, 0.1) is 0 Å². The number of aromatic nitrogens is 5. The Bertz CT molecular complexity index is 1040. The van der Waals surface area contributed by atoms with Crippen LogP contribution < -0.4 is 5.43 Å². The molecule has 4 aromatic rings. The predicted octanol–water partition coefficient (Wildman–Crippen LogP) is 3.42. The maximum atomic E-state index is 4.43. The highest BCUT2D eigenvalue weighted by molar-refractivity contribution is 9.10. The number of fused-ring (bicyclic) bond motifs is 1. The van der Waals surface area contributed by atoms with Crippen molar-refractivity contribution in [1.29, 1.82) is 0 Å². The van der Waals surface area contributed by atoms with Gasteiger partial charge >= 0.3 is 0 Å². The molecule has 122 valence electrons. The molecule has 0 spiro atoms. The van der Waals surface area contributed by atoms with E-state index in [0.717, 1.165) is 21.1 Å². The Balaban J connectivity index is 1.66. The van der Waals surface area contributed by atoms with Crippen molar-refractivity contribution >= 4 is 39.0 Å². The van der Waals surface area contributed by atoms with Crippen LogP contribution in [-0.2, 0) is 0 Å². The van der Waals surface area contributed by atoms with Gasteiger partial charge in [0.15, 0.2) is 11.5 Å². The van der Waals surface area contributed by atoms with E-state index < -0.39 is 0 Å². The van der Waals surface area contributed by atoms with Gasteiger partial charge in [0, 0.05) is 16.9 Å². The van der Waals surface area contributed by atoms with Crippen LogP contribution in [0.25, 0.3) is 16.7 Å². The van der Waals surface area contributed by atoms with E-state index in [1.165, 1.54) is 6.33 Å². The lowest BCUT2D eigenvalue weighted by molar-refractivity contribution is 0.894. The average molecular weight is 394 g/mol. The summed E-state index contributed by atoms with van der Waals surface area (Å²) in [6.07, 6.45) is 8.34. The number of nitrogens with zero attached hydrogens (tertiary/aromatic N) is 6. The van der Waals surface area contributed by atoms with Gasteiger partial charge in [-0.1, -0.05) is 22.0 Å². The van der Waals surface area contributed by atoms with Gasteiger partial charge in [-0.2, -0.15) is 10.2 Å². The number of halogens is 1. The summed E-state index contributed by atoms with van der Waals surface area (Å²) in [6, 6.07) is 11.6. The number of nitrogens with one attached hydrogen (secondary N) is 1. The van der Waals surface area contributed by atoms with Gasteiger partial charge in [0.1, 0.15) is 6.33 Å². The summed E-state index contributed by atoms with van der Waals surface area (Å²) >= 11 is 3.47. The quantitative estimate of drug-likeness (QED) is 0.424. The molecule has 0 radical (unpaired) electrons. The molecule has 25 heavy (non-hydrogen) atoms. The highest BCUT2D eigenvalue weighted by Gasteiger charge is 2.10. The molecule has 0 unspecified atom stereocenters. The van der Waals surface area contributed by atoms with E-state index in [0.29, 0.717) is 11.5 Å². The Morgan fingerprint density at radius 2 is 2.00 bits per heavy atom. The van der Waals surface area contributed by atoms with E-state index in [-0.39, 0.29) is 0 Å². The highest BCUT2D eigenvalue weighted by Crippen LogP contribution is 2.23. The molecular weight excluding hydrogens is 382 g/mol. The fourth-order valence-corrected chi connectivity index (χ4v) is 2.73. The monoisotopic (exact) mass is 393 g/mol. The first-order chi connectivity index (χ1) is 12.3. The summed E-state index contributed by atoms with van der Waals surface area (Å²) in [6.45, 7) is 0. The Morgan fingerprint density at radius 3 is 2.84 bits per heavy atom. The minimum Gasteiger partial charge on any atom is -0.265 e. The standard InChI is InChI=1S/C17H12BrN7/c18-13-2-1-3-14(8-13)25-17-15(10-23-25)16(20-11-21-17)24-22-9-12-4-6-19-7-5-12/h1-11H,(H,20,21,24)/b22-9+. The fourth-order valence-electron chi connectivity index (χ4n) is 2.35. The third kappa shape index (κ3) is 3.24. The molecule has 0 aliphatic heterocycles. The van der Waals surface area contributed by atoms with Crippen LogP contribution >= 0.6 is 15.9 Å². The van der Waals surface area contributed by atoms with Crippen molar-refractivity contribution in [2.24, 2.45) is 5.10 Å². The summed E-state index contributed by atoms with van der Waals surface area (Å²) in [5.74, 6) is 0.594. The van der Waals surface area contributed by atoms with Crippen LogP contribution in [0.1, 0.15) is 5.56 Å². The molecule has 8 heteroatoms.